The molecule has 0 aliphatic heterocycles. The highest BCUT2D eigenvalue weighted by molar-refractivity contribution is 5.81. The van der Waals surface area contributed by atoms with Crippen LogP contribution in [0.4, 0.5) is 0 Å². The van der Waals surface area contributed by atoms with Crippen molar-refractivity contribution in [3.8, 4) is 11.1 Å². The molecule has 1 N–H and O–H groups in total. The van der Waals surface area contributed by atoms with Gasteiger partial charge in [0.1, 0.15) is 0 Å². The fourth-order valence-electron chi connectivity index (χ4n) is 3.15. The molecule has 1 aliphatic rings. The van der Waals surface area contributed by atoms with Crippen LogP contribution in [-0.2, 0) is 20.7 Å². The van der Waals surface area contributed by atoms with Crippen molar-refractivity contribution in [2.45, 2.75) is 38.1 Å². The quantitative estimate of drug-likeness (QED) is 0.821. The monoisotopic (exact) mass is 337 g/mol. The third kappa shape index (κ3) is 5.18. The van der Waals surface area contributed by atoms with Crippen molar-refractivity contribution >= 4 is 11.9 Å². The second kappa shape index (κ2) is 8.47. The van der Waals surface area contributed by atoms with Gasteiger partial charge in [0.05, 0.1) is 6.42 Å². The van der Waals surface area contributed by atoms with Crippen LogP contribution in [0, 0.1) is 0 Å². The van der Waals surface area contributed by atoms with E-state index in [9.17, 15) is 9.59 Å². The molecule has 1 saturated carbocycles. The van der Waals surface area contributed by atoms with Crippen LogP contribution >= 0.6 is 0 Å². The number of carbonyl (C=O) groups is 2. The zero-order chi connectivity index (χ0) is 17.5. The van der Waals surface area contributed by atoms with Crippen molar-refractivity contribution in [3.05, 3.63) is 60.2 Å². The second-order valence-corrected chi connectivity index (χ2v) is 6.45. The Labute approximate surface area is 148 Å². The van der Waals surface area contributed by atoms with Crippen LogP contribution < -0.4 is 5.32 Å². The normalized spacial score (nSPS) is 14.2. The molecule has 1 amide bonds. The van der Waals surface area contributed by atoms with Gasteiger partial charge < -0.3 is 10.1 Å². The van der Waals surface area contributed by atoms with Gasteiger partial charge in [-0.3, -0.25) is 9.59 Å². The molecule has 0 bridgehead atoms. The summed E-state index contributed by atoms with van der Waals surface area (Å²) in [5, 5.41) is 2.91. The minimum atomic E-state index is -0.381. The topological polar surface area (TPSA) is 55.4 Å². The summed E-state index contributed by atoms with van der Waals surface area (Å²) in [5.74, 6) is -0.589. The molecule has 4 nitrogen and oxygen atoms in total. The minimum Gasteiger partial charge on any atom is -0.455 e. The van der Waals surface area contributed by atoms with Crippen molar-refractivity contribution < 1.29 is 14.3 Å². The largest absolute Gasteiger partial charge is 0.455 e. The van der Waals surface area contributed by atoms with Crippen LogP contribution in [0.3, 0.4) is 0 Å². The molecule has 0 spiro atoms. The first kappa shape index (κ1) is 17.2. The van der Waals surface area contributed by atoms with E-state index in [0.29, 0.717) is 0 Å². The molecule has 2 aromatic rings. The maximum atomic E-state index is 11.9. The first-order valence-corrected chi connectivity index (χ1v) is 8.80. The van der Waals surface area contributed by atoms with Crippen LogP contribution in [0.25, 0.3) is 11.1 Å². The van der Waals surface area contributed by atoms with E-state index in [1.165, 1.54) is 0 Å². The number of hydrogen-bond donors (Lipinski definition) is 1. The number of ether oxygens (including phenoxy) is 1. The van der Waals surface area contributed by atoms with Crippen molar-refractivity contribution in [1.29, 1.82) is 0 Å². The lowest BCUT2D eigenvalue weighted by molar-refractivity contribution is -0.148. The third-order valence-corrected chi connectivity index (χ3v) is 4.49. The Kier molecular flexibility index (Phi) is 5.83. The average Bonchev–Trinajstić information content (AvgIpc) is 3.14. The van der Waals surface area contributed by atoms with E-state index in [-0.39, 0.29) is 30.9 Å². The predicted octanol–water partition coefficient (Wildman–Crippen LogP) is 3.50. The molecule has 1 fully saturated rings. The van der Waals surface area contributed by atoms with E-state index in [4.69, 9.17) is 4.74 Å². The lowest BCUT2D eigenvalue weighted by atomic mass is 10.0. The molecule has 0 heterocycles. The second-order valence-electron chi connectivity index (χ2n) is 6.45. The summed E-state index contributed by atoms with van der Waals surface area (Å²) < 4.78 is 5.08. The number of amides is 1. The fourth-order valence-corrected chi connectivity index (χ4v) is 3.15. The van der Waals surface area contributed by atoms with Crippen LogP contribution in [0.15, 0.2) is 54.6 Å². The van der Waals surface area contributed by atoms with Gasteiger partial charge in [-0.05, 0) is 29.5 Å². The van der Waals surface area contributed by atoms with Gasteiger partial charge in [-0.2, -0.15) is 0 Å². The lowest BCUT2D eigenvalue weighted by Crippen LogP contribution is -2.36. The van der Waals surface area contributed by atoms with Crippen LogP contribution in [-0.4, -0.2) is 24.5 Å². The molecule has 3 rings (SSSR count). The van der Waals surface area contributed by atoms with Gasteiger partial charge >= 0.3 is 5.97 Å². The number of carbonyl (C=O) groups excluding carboxylic acids is 2. The smallest absolute Gasteiger partial charge is 0.310 e. The summed E-state index contributed by atoms with van der Waals surface area (Å²) >= 11 is 0. The maximum absolute atomic E-state index is 11.9. The summed E-state index contributed by atoms with van der Waals surface area (Å²) in [6.45, 7) is -0.197. The van der Waals surface area contributed by atoms with Gasteiger partial charge in [0.15, 0.2) is 6.61 Å². The van der Waals surface area contributed by atoms with Gasteiger partial charge in [0.25, 0.3) is 5.91 Å². The SMILES string of the molecule is O=C(COC(=O)Cc1ccc(-c2ccccc2)cc1)NC1CCCC1. The summed E-state index contributed by atoms with van der Waals surface area (Å²) in [6, 6.07) is 18.1. The molecule has 0 radical (unpaired) electrons. The molecular formula is C21H23NO3. The van der Waals surface area contributed by atoms with E-state index < -0.39 is 0 Å². The molecule has 2 aromatic carbocycles. The molecule has 0 unspecified atom stereocenters. The Balaban J connectivity index is 1.45. The zero-order valence-corrected chi connectivity index (χ0v) is 14.2. The Hall–Kier alpha value is -2.62. The summed E-state index contributed by atoms with van der Waals surface area (Å²) in [6.07, 6.45) is 4.53. The highest BCUT2D eigenvalue weighted by atomic mass is 16.5. The lowest BCUT2D eigenvalue weighted by Gasteiger charge is -2.12. The Bertz CT molecular complexity index is 704. The van der Waals surface area contributed by atoms with Crippen LogP contribution in [0.1, 0.15) is 31.2 Å². The van der Waals surface area contributed by atoms with Crippen LogP contribution in [0.5, 0.6) is 0 Å². The minimum absolute atomic E-state index is 0.172. The van der Waals surface area contributed by atoms with Crippen molar-refractivity contribution in [2.24, 2.45) is 0 Å². The summed E-state index contributed by atoms with van der Waals surface area (Å²) in [4.78, 5) is 23.7. The molecule has 25 heavy (non-hydrogen) atoms. The highest BCUT2D eigenvalue weighted by Gasteiger charge is 2.17. The highest BCUT2D eigenvalue weighted by Crippen LogP contribution is 2.19. The van der Waals surface area contributed by atoms with Gasteiger partial charge in [-0.25, -0.2) is 0 Å². The number of benzene rings is 2. The summed E-state index contributed by atoms with van der Waals surface area (Å²) in [5.41, 5.74) is 3.12. The van der Waals surface area contributed by atoms with E-state index in [0.717, 1.165) is 42.4 Å². The standard InChI is InChI=1S/C21H23NO3/c23-20(22-19-8-4-5-9-19)15-25-21(24)14-16-10-12-18(13-11-16)17-6-2-1-3-7-17/h1-3,6-7,10-13,19H,4-5,8-9,14-15H2,(H,22,23). The maximum Gasteiger partial charge on any atom is 0.310 e. The number of rotatable bonds is 6. The molecule has 1 aliphatic carbocycles. The van der Waals surface area contributed by atoms with Crippen molar-refractivity contribution in [3.63, 3.8) is 0 Å². The van der Waals surface area contributed by atoms with Crippen molar-refractivity contribution in [2.75, 3.05) is 6.61 Å². The average molecular weight is 337 g/mol. The van der Waals surface area contributed by atoms with Gasteiger partial charge in [0, 0.05) is 6.04 Å². The molecule has 0 saturated heterocycles. The number of hydrogen-bond acceptors (Lipinski definition) is 3. The molecule has 130 valence electrons. The van der Waals surface area contributed by atoms with E-state index in [2.05, 4.69) is 5.32 Å². The molecule has 0 atom stereocenters. The molecule has 4 heteroatoms. The number of nitrogens with one attached hydrogen (secondary N) is 1. The van der Waals surface area contributed by atoms with E-state index in [1.54, 1.807) is 0 Å². The fraction of sp³-hybridized carbons (Fsp3) is 0.333. The first-order valence-electron chi connectivity index (χ1n) is 8.80. The molecule has 0 aromatic heterocycles. The van der Waals surface area contributed by atoms with Gasteiger partial charge in [-0.1, -0.05) is 67.4 Å². The number of esters is 1. The Morgan fingerprint density at radius 3 is 2.24 bits per heavy atom. The van der Waals surface area contributed by atoms with Crippen molar-refractivity contribution in [1.82, 2.24) is 5.32 Å². The van der Waals surface area contributed by atoms with E-state index >= 15 is 0 Å². The van der Waals surface area contributed by atoms with Crippen LogP contribution in [0.2, 0.25) is 0 Å². The Morgan fingerprint density at radius 1 is 0.920 bits per heavy atom. The van der Waals surface area contributed by atoms with Gasteiger partial charge in [0.2, 0.25) is 0 Å². The van der Waals surface area contributed by atoms with E-state index in [1.807, 2.05) is 54.6 Å². The zero-order valence-electron chi connectivity index (χ0n) is 14.2. The molecular weight excluding hydrogens is 314 g/mol. The van der Waals surface area contributed by atoms with Gasteiger partial charge in [-0.15, -0.1) is 0 Å². The Morgan fingerprint density at radius 2 is 1.56 bits per heavy atom. The first-order chi connectivity index (χ1) is 12.2. The summed E-state index contributed by atoms with van der Waals surface area (Å²) in [7, 11) is 0. The predicted molar refractivity (Wildman–Crippen MR) is 96.9 cm³/mol. The third-order valence-electron chi connectivity index (χ3n) is 4.49.